The number of anilines is 1. The molecule has 1 fully saturated rings. The predicted octanol–water partition coefficient (Wildman–Crippen LogP) is 1.01. The van der Waals surface area contributed by atoms with Gasteiger partial charge in [-0.15, -0.1) is 0 Å². The Kier molecular flexibility index (Phi) is 4.19. The summed E-state index contributed by atoms with van der Waals surface area (Å²) in [5, 5.41) is 10.8. The van der Waals surface area contributed by atoms with Crippen LogP contribution in [-0.4, -0.2) is 36.0 Å². The highest BCUT2D eigenvalue weighted by Crippen LogP contribution is 2.28. The lowest BCUT2D eigenvalue weighted by Crippen LogP contribution is -2.51. The molecule has 7 heteroatoms. The van der Waals surface area contributed by atoms with Crippen LogP contribution in [0.15, 0.2) is 28.7 Å². The first-order valence-corrected chi connectivity index (χ1v) is 6.53. The van der Waals surface area contributed by atoms with Gasteiger partial charge in [0.25, 0.3) is 0 Å². The van der Waals surface area contributed by atoms with Crippen molar-refractivity contribution in [1.29, 1.82) is 0 Å². The number of amides is 2. The highest BCUT2D eigenvalue weighted by atomic mass is 79.9. The summed E-state index contributed by atoms with van der Waals surface area (Å²) >= 11 is 3.36. The molecule has 2 amide bonds. The van der Waals surface area contributed by atoms with E-state index in [0.717, 1.165) is 6.08 Å². The lowest BCUT2D eigenvalue weighted by Gasteiger charge is -2.28. The normalized spacial score (nSPS) is 15.6. The van der Waals surface area contributed by atoms with E-state index >= 15 is 0 Å². The number of nitrogens with zero attached hydrogens (tertiary/aromatic N) is 1. The van der Waals surface area contributed by atoms with Crippen LogP contribution in [0, 0.1) is 0 Å². The minimum atomic E-state index is -1.02. The molecule has 1 heterocycles. The van der Waals surface area contributed by atoms with Crippen molar-refractivity contribution < 1.29 is 19.5 Å². The average molecular weight is 339 g/mol. The Bertz CT molecular complexity index is 596. The first-order chi connectivity index (χ1) is 9.45. The van der Waals surface area contributed by atoms with Crippen molar-refractivity contribution in [2.75, 3.05) is 18.0 Å². The van der Waals surface area contributed by atoms with Crippen molar-refractivity contribution in [2.45, 2.75) is 0 Å². The van der Waals surface area contributed by atoms with Crippen LogP contribution in [0.4, 0.5) is 5.69 Å². The number of nitrogens with one attached hydrogen (secondary N) is 1. The SMILES string of the molecule is O=C(O)/C=C/c1ccc(N2CC(=O)NC(=O)C2)c(Br)c1. The molecule has 1 aromatic carbocycles. The number of hydrogen-bond acceptors (Lipinski definition) is 4. The average Bonchev–Trinajstić information content (AvgIpc) is 2.35. The maximum atomic E-state index is 11.3. The molecule has 20 heavy (non-hydrogen) atoms. The number of piperazine rings is 1. The van der Waals surface area contributed by atoms with Crippen LogP contribution in [0.25, 0.3) is 6.08 Å². The summed E-state index contributed by atoms with van der Waals surface area (Å²) in [5.74, 6) is -1.71. The molecule has 104 valence electrons. The van der Waals surface area contributed by atoms with E-state index in [2.05, 4.69) is 21.2 Å². The van der Waals surface area contributed by atoms with Crippen LogP contribution in [0.1, 0.15) is 5.56 Å². The van der Waals surface area contributed by atoms with Gasteiger partial charge in [-0.1, -0.05) is 6.07 Å². The molecule has 1 saturated heterocycles. The second-order valence-corrected chi connectivity index (χ2v) is 5.06. The molecular weight excluding hydrogens is 328 g/mol. The number of carbonyl (C=O) groups is 3. The molecule has 2 rings (SSSR count). The Morgan fingerprint density at radius 2 is 1.95 bits per heavy atom. The number of hydrogen-bond donors (Lipinski definition) is 2. The van der Waals surface area contributed by atoms with Crippen LogP contribution in [0.3, 0.4) is 0 Å². The van der Waals surface area contributed by atoms with E-state index in [0.29, 0.717) is 15.7 Å². The molecule has 1 aromatic rings. The molecule has 0 unspecified atom stereocenters. The summed E-state index contributed by atoms with van der Waals surface area (Å²) in [7, 11) is 0. The van der Waals surface area contributed by atoms with Gasteiger partial charge in [0.15, 0.2) is 0 Å². The Hall–Kier alpha value is -2.15. The van der Waals surface area contributed by atoms with Crippen molar-refractivity contribution >= 4 is 45.5 Å². The number of aliphatic carboxylic acids is 1. The Balaban J connectivity index is 2.23. The number of rotatable bonds is 3. The Morgan fingerprint density at radius 1 is 1.30 bits per heavy atom. The smallest absolute Gasteiger partial charge is 0.328 e. The van der Waals surface area contributed by atoms with Crippen LogP contribution >= 0.6 is 15.9 Å². The summed E-state index contributed by atoms with van der Waals surface area (Å²) in [6, 6.07) is 5.18. The third-order valence-corrected chi connectivity index (χ3v) is 3.31. The van der Waals surface area contributed by atoms with E-state index in [9.17, 15) is 14.4 Å². The van der Waals surface area contributed by atoms with Gasteiger partial charge in [0.2, 0.25) is 11.8 Å². The number of carboxylic acid groups (broad SMARTS) is 1. The molecule has 1 aliphatic rings. The van der Waals surface area contributed by atoms with Gasteiger partial charge in [0.1, 0.15) is 0 Å². The molecule has 0 saturated carbocycles. The van der Waals surface area contributed by atoms with Crippen LogP contribution in [-0.2, 0) is 14.4 Å². The van der Waals surface area contributed by atoms with E-state index in [1.165, 1.54) is 6.08 Å². The molecular formula is C13H11BrN2O4. The van der Waals surface area contributed by atoms with Crippen LogP contribution in [0.2, 0.25) is 0 Å². The maximum Gasteiger partial charge on any atom is 0.328 e. The van der Waals surface area contributed by atoms with Gasteiger partial charge in [-0.25, -0.2) is 4.79 Å². The van der Waals surface area contributed by atoms with Crippen molar-refractivity contribution in [2.24, 2.45) is 0 Å². The quantitative estimate of drug-likeness (QED) is 0.634. The third kappa shape index (κ3) is 3.45. The summed E-state index contributed by atoms with van der Waals surface area (Å²) < 4.78 is 0.688. The van der Waals surface area contributed by atoms with E-state index in [-0.39, 0.29) is 24.9 Å². The van der Waals surface area contributed by atoms with Gasteiger partial charge in [-0.05, 0) is 39.7 Å². The number of halogens is 1. The van der Waals surface area contributed by atoms with Crippen molar-refractivity contribution in [3.8, 4) is 0 Å². The summed E-state index contributed by atoms with van der Waals surface area (Å²) in [6.07, 6.45) is 2.50. The van der Waals surface area contributed by atoms with Crippen molar-refractivity contribution in [3.05, 3.63) is 34.3 Å². The number of carbonyl (C=O) groups excluding carboxylic acids is 2. The first-order valence-electron chi connectivity index (χ1n) is 5.74. The summed E-state index contributed by atoms with van der Waals surface area (Å²) in [6.45, 7) is 0.212. The summed E-state index contributed by atoms with van der Waals surface area (Å²) in [4.78, 5) is 34.8. The zero-order valence-corrected chi connectivity index (χ0v) is 11.9. The molecule has 1 aliphatic heterocycles. The van der Waals surface area contributed by atoms with E-state index in [1.807, 2.05) is 0 Å². The van der Waals surface area contributed by atoms with Crippen molar-refractivity contribution in [3.63, 3.8) is 0 Å². The highest BCUT2D eigenvalue weighted by Gasteiger charge is 2.23. The first kappa shape index (κ1) is 14.3. The second kappa shape index (κ2) is 5.87. The van der Waals surface area contributed by atoms with E-state index in [4.69, 9.17) is 5.11 Å². The Morgan fingerprint density at radius 3 is 2.50 bits per heavy atom. The van der Waals surface area contributed by atoms with Gasteiger partial charge in [-0.2, -0.15) is 0 Å². The maximum absolute atomic E-state index is 11.3. The standard InChI is InChI=1S/C13H11BrN2O4/c14-9-5-8(2-4-13(19)20)1-3-10(9)16-6-11(17)15-12(18)7-16/h1-5H,6-7H2,(H,19,20)(H,15,17,18)/b4-2+. The van der Waals surface area contributed by atoms with Crippen molar-refractivity contribution in [1.82, 2.24) is 5.32 Å². The summed E-state index contributed by atoms with van der Waals surface area (Å²) in [5.41, 5.74) is 1.41. The number of carboxylic acids is 1. The van der Waals surface area contributed by atoms with Gasteiger partial charge < -0.3 is 10.0 Å². The van der Waals surface area contributed by atoms with Gasteiger partial charge in [0, 0.05) is 10.5 Å². The zero-order valence-electron chi connectivity index (χ0n) is 10.3. The van der Waals surface area contributed by atoms with Crippen LogP contribution in [0.5, 0.6) is 0 Å². The largest absolute Gasteiger partial charge is 0.478 e. The highest BCUT2D eigenvalue weighted by molar-refractivity contribution is 9.10. The molecule has 0 atom stereocenters. The predicted molar refractivity (Wildman–Crippen MR) is 76.2 cm³/mol. The van der Waals surface area contributed by atoms with Gasteiger partial charge >= 0.3 is 5.97 Å². The van der Waals surface area contributed by atoms with Gasteiger partial charge in [0.05, 0.1) is 18.8 Å². The molecule has 0 aliphatic carbocycles. The van der Waals surface area contributed by atoms with E-state index < -0.39 is 5.97 Å². The lowest BCUT2D eigenvalue weighted by molar-refractivity contribution is -0.132. The number of benzene rings is 1. The second-order valence-electron chi connectivity index (χ2n) is 4.21. The monoisotopic (exact) mass is 338 g/mol. The van der Waals surface area contributed by atoms with Crippen LogP contribution < -0.4 is 10.2 Å². The third-order valence-electron chi connectivity index (χ3n) is 2.68. The fourth-order valence-electron chi connectivity index (χ4n) is 1.86. The molecule has 0 radical (unpaired) electrons. The zero-order chi connectivity index (χ0) is 14.7. The fourth-order valence-corrected chi connectivity index (χ4v) is 2.51. The topological polar surface area (TPSA) is 86.7 Å². The molecule has 0 spiro atoms. The minimum absolute atomic E-state index is 0.106. The van der Waals surface area contributed by atoms with Gasteiger partial charge in [-0.3, -0.25) is 14.9 Å². The molecule has 6 nitrogen and oxygen atoms in total. The molecule has 0 aromatic heterocycles. The van der Waals surface area contributed by atoms with E-state index in [1.54, 1.807) is 23.1 Å². The fraction of sp³-hybridized carbons (Fsp3) is 0.154. The number of imide groups is 1. The molecule has 0 bridgehead atoms. The molecule has 2 N–H and O–H groups in total. The minimum Gasteiger partial charge on any atom is -0.478 e. The lowest BCUT2D eigenvalue weighted by atomic mass is 10.1. The Labute approximate surface area is 123 Å².